The zero-order chi connectivity index (χ0) is 26.6. The molecule has 0 unspecified atom stereocenters. The smallest absolute Gasteiger partial charge is 0.306 e. The molecule has 0 radical (unpaired) electrons. The van der Waals surface area contributed by atoms with Crippen LogP contribution >= 0.6 is 0 Å². The lowest BCUT2D eigenvalue weighted by atomic mass is 9.87. The molecule has 38 heavy (non-hydrogen) atoms. The highest BCUT2D eigenvalue weighted by atomic mass is 19.1. The van der Waals surface area contributed by atoms with Crippen molar-refractivity contribution < 1.29 is 19.1 Å². The quantitative estimate of drug-likeness (QED) is 0.290. The summed E-state index contributed by atoms with van der Waals surface area (Å²) in [6.07, 6.45) is 4.59. The minimum absolute atomic E-state index is 0.0260. The molecular weight excluding hydrogens is 481 g/mol. The fourth-order valence-corrected chi connectivity index (χ4v) is 5.09. The van der Waals surface area contributed by atoms with Crippen LogP contribution in [0.2, 0.25) is 0 Å². The molecule has 1 aromatic heterocycles. The summed E-state index contributed by atoms with van der Waals surface area (Å²) in [5.41, 5.74) is 6.25. The van der Waals surface area contributed by atoms with Crippen molar-refractivity contribution >= 4 is 22.9 Å². The van der Waals surface area contributed by atoms with E-state index >= 15 is 0 Å². The molecule has 1 heterocycles. The van der Waals surface area contributed by atoms with Crippen molar-refractivity contribution in [3.63, 3.8) is 0 Å². The summed E-state index contributed by atoms with van der Waals surface area (Å²) in [5, 5.41) is 12.4. The van der Waals surface area contributed by atoms with Crippen LogP contribution in [-0.2, 0) is 17.6 Å². The highest BCUT2D eigenvalue weighted by Crippen LogP contribution is 2.30. The molecule has 5 rings (SSSR count). The second-order valence-corrected chi connectivity index (χ2v) is 9.98. The molecule has 1 aliphatic carbocycles. The molecule has 0 bridgehead atoms. The number of carbonyl (C=O) groups is 2. The van der Waals surface area contributed by atoms with Gasteiger partial charge in [-0.15, -0.1) is 0 Å². The van der Waals surface area contributed by atoms with Gasteiger partial charge in [0.25, 0.3) is 5.91 Å². The number of carbonyl (C=O) groups excluding carboxylic acids is 1. The van der Waals surface area contributed by atoms with Gasteiger partial charge in [0.2, 0.25) is 0 Å². The summed E-state index contributed by atoms with van der Waals surface area (Å²) in [7, 11) is 0. The summed E-state index contributed by atoms with van der Waals surface area (Å²) in [4.78, 5) is 34.2. The van der Waals surface area contributed by atoms with Crippen molar-refractivity contribution in [1.29, 1.82) is 0 Å². The topological polar surface area (TPSA) is 92.2 Å². The van der Waals surface area contributed by atoms with Crippen molar-refractivity contribution in [3.05, 3.63) is 94.9 Å². The molecule has 0 saturated carbocycles. The number of nitrogens with one attached hydrogen (secondary N) is 1. The van der Waals surface area contributed by atoms with Crippen molar-refractivity contribution in [1.82, 2.24) is 15.3 Å². The number of nitrogens with zero attached hydrogens (tertiary/aromatic N) is 2. The molecule has 4 aromatic rings. The lowest BCUT2D eigenvalue weighted by Gasteiger charge is -2.26. The monoisotopic (exact) mass is 511 g/mol. The number of halogens is 1. The van der Waals surface area contributed by atoms with E-state index in [1.807, 2.05) is 12.1 Å². The van der Waals surface area contributed by atoms with Gasteiger partial charge in [-0.3, -0.25) is 9.59 Å². The summed E-state index contributed by atoms with van der Waals surface area (Å²) >= 11 is 0. The number of amides is 1. The summed E-state index contributed by atoms with van der Waals surface area (Å²) < 4.78 is 13.6. The number of aliphatic carboxylic acids is 1. The Kier molecular flexibility index (Phi) is 7.45. The first-order chi connectivity index (χ1) is 18.4. The van der Waals surface area contributed by atoms with Crippen molar-refractivity contribution in [2.24, 2.45) is 5.92 Å². The standard InChI is InChI=1S/C31H30FN3O3/c1-19(31(37)38)6-4-11-27-29(21-12-15-23(32)16-13-21)34-26-17-14-22(18-28(26)33-27)30(36)35-25-10-5-8-20-7-2-3-9-24(20)25/h2-3,7,9,12-19,25H,4-6,8,10-11H2,1H3,(H,35,36)(H,37,38)/t19-,25+/m1/s1. The first-order valence-corrected chi connectivity index (χ1v) is 13.1. The van der Waals surface area contributed by atoms with Gasteiger partial charge in [-0.1, -0.05) is 31.2 Å². The summed E-state index contributed by atoms with van der Waals surface area (Å²) in [6, 6.07) is 19.6. The van der Waals surface area contributed by atoms with Crippen molar-refractivity contribution in [2.45, 2.75) is 51.5 Å². The van der Waals surface area contributed by atoms with Crippen molar-refractivity contribution in [2.75, 3.05) is 0 Å². The first-order valence-electron chi connectivity index (χ1n) is 13.1. The number of aromatic nitrogens is 2. The van der Waals surface area contributed by atoms with E-state index in [-0.39, 0.29) is 17.8 Å². The maximum absolute atomic E-state index is 13.6. The third kappa shape index (κ3) is 5.57. The molecule has 2 N–H and O–H groups in total. The molecule has 1 aliphatic rings. The predicted octanol–water partition coefficient (Wildman–Crippen LogP) is 6.29. The van der Waals surface area contributed by atoms with Crippen LogP contribution in [0.1, 0.15) is 65.8 Å². The lowest BCUT2D eigenvalue weighted by molar-refractivity contribution is -0.141. The third-order valence-corrected chi connectivity index (χ3v) is 7.26. The molecule has 0 saturated heterocycles. The molecule has 0 spiro atoms. The number of benzene rings is 3. The van der Waals surface area contributed by atoms with Crippen LogP contribution in [0.5, 0.6) is 0 Å². The third-order valence-electron chi connectivity index (χ3n) is 7.26. The SMILES string of the molecule is C[C@H](CCCc1nc2cc(C(=O)N[C@H]3CCCc4ccccc43)ccc2nc1-c1ccc(F)cc1)C(=O)O. The van der Waals surface area contributed by atoms with Gasteiger partial charge >= 0.3 is 5.97 Å². The van der Waals surface area contributed by atoms with E-state index in [1.165, 1.54) is 23.3 Å². The molecule has 194 valence electrons. The number of hydrogen-bond donors (Lipinski definition) is 2. The highest BCUT2D eigenvalue weighted by molar-refractivity contribution is 5.97. The maximum Gasteiger partial charge on any atom is 0.306 e. The second kappa shape index (κ2) is 11.1. The number of hydrogen-bond acceptors (Lipinski definition) is 4. The molecule has 3 aromatic carbocycles. The van der Waals surface area contributed by atoms with Gasteiger partial charge in [-0.2, -0.15) is 0 Å². The maximum atomic E-state index is 13.6. The van der Waals surface area contributed by atoms with E-state index in [2.05, 4.69) is 17.4 Å². The van der Waals surface area contributed by atoms with Crippen molar-refractivity contribution in [3.8, 4) is 11.3 Å². The Morgan fingerprint density at radius 3 is 2.63 bits per heavy atom. The van der Waals surface area contributed by atoms with Crippen LogP contribution in [0.15, 0.2) is 66.7 Å². The average Bonchev–Trinajstić information content (AvgIpc) is 2.93. The molecule has 6 nitrogen and oxygen atoms in total. The Labute approximate surface area is 221 Å². The van der Waals surface area contributed by atoms with Crippen LogP contribution in [0.3, 0.4) is 0 Å². The zero-order valence-electron chi connectivity index (χ0n) is 21.3. The van der Waals surface area contributed by atoms with E-state index in [9.17, 15) is 19.1 Å². The molecule has 1 amide bonds. The second-order valence-electron chi connectivity index (χ2n) is 9.98. The number of carboxylic acid groups (broad SMARTS) is 1. The van der Waals surface area contributed by atoms with E-state index in [1.54, 1.807) is 37.3 Å². The minimum Gasteiger partial charge on any atom is -0.481 e. The van der Waals surface area contributed by atoms with Crippen LogP contribution < -0.4 is 5.32 Å². The zero-order valence-corrected chi connectivity index (χ0v) is 21.3. The summed E-state index contributed by atoms with van der Waals surface area (Å²) in [6.45, 7) is 1.69. The Morgan fingerprint density at radius 1 is 1.05 bits per heavy atom. The number of carboxylic acids is 1. The van der Waals surface area contributed by atoms with Gasteiger partial charge in [-0.25, -0.2) is 14.4 Å². The predicted molar refractivity (Wildman–Crippen MR) is 144 cm³/mol. The number of fused-ring (bicyclic) bond motifs is 2. The first kappa shape index (κ1) is 25.5. The fourth-order valence-electron chi connectivity index (χ4n) is 5.09. The van der Waals surface area contributed by atoms with E-state index in [4.69, 9.17) is 9.97 Å². The Hall–Kier alpha value is -4.13. The van der Waals surface area contributed by atoms with Crippen LogP contribution in [0.4, 0.5) is 4.39 Å². The van der Waals surface area contributed by atoms with E-state index in [0.717, 1.165) is 24.8 Å². The van der Waals surface area contributed by atoms with E-state index in [0.29, 0.717) is 47.2 Å². The fraction of sp³-hybridized carbons (Fsp3) is 0.290. The van der Waals surface area contributed by atoms with Crippen LogP contribution in [0, 0.1) is 11.7 Å². The molecule has 7 heteroatoms. The van der Waals surface area contributed by atoms with Crippen LogP contribution in [-0.4, -0.2) is 27.0 Å². The number of aryl methyl sites for hydroxylation is 2. The van der Waals surface area contributed by atoms with Gasteiger partial charge in [0.05, 0.1) is 34.4 Å². The molecule has 0 fully saturated rings. The van der Waals surface area contributed by atoms with Gasteiger partial charge in [0, 0.05) is 11.1 Å². The Bertz CT molecular complexity index is 1490. The van der Waals surface area contributed by atoms with Gasteiger partial charge in [0.1, 0.15) is 5.82 Å². The van der Waals surface area contributed by atoms with Gasteiger partial charge in [0.15, 0.2) is 0 Å². The molecule has 2 atom stereocenters. The summed E-state index contributed by atoms with van der Waals surface area (Å²) in [5.74, 6) is -1.78. The highest BCUT2D eigenvalue weighted by Gasteiger charge is 2.22. The largest absolute Gasteiger partial charge is 0.481 e. The lowest BCUT2D eigenvalue weighted by Crippen LogP contribution is -2.31. The van der Waals surface area contributed by atoms with Gasteiger partial charge < -0.3 is 10.4 Å². The van der Waals surface area contributed by atoms with E-state index < -0.39 is 11.9 Å². The molecular formula is C31H30FN3O3. The number of rotatable bonds is 8. The Balaban J connectivity index is 1.44. The normalized spacial score (nSPS) is 15.6. The minimum atomic E-state index is -0.829. The average molecular weight is 512 g/mol. The Morgan fingerprint density at radius 2 is 1.84 bits per heavy atom. The van der Waals surface area contributed by atoms with Gasteiger partial charge in [-0.05, 0) is 92.1 Å². The van der Waals surface area contributed by atoms with Crippen LogP contribution in [0.25, 0.3) is 22.3 Å². The molecule has 0 aliphatic heterocycles.